The van der Waals surface area contributed by atoms with Crippen LogP contribution in [0.4, 0.5) is 0 Å². The van der Waals surface area contributed by atoms with E-state index in [1.807, 2.05) is 50.2 Å². The van der Waals surface area contributed by atoms with Gasteiger partial charge < -0.3 is 0 Å². The maximum Gasteiger partial charge on any atom is 0.240 e. The molecule has 2 aliphatic heterocycles. The summed E-state index contributed by atoms with van der Waals surface area (Å²) < 4.78 is 0. The zero-order chi connectivity index (χ0) is 15.2. The van der Waals surface area contributed by atoms with Gasteiger partial charge in [-0.1, -0.05) is 60.7 Å². The van der Waals surface area contributed by atoms with E-state index in [1.54, 1.807) is 0 Å². The fourth-order valence-corrected chi connectivity index (χ4v) is 3.55. The van der Waals surface area contributed by atoms with Crippen LogP contribution in [0.2, 0.25) is 0 Å². The number of hydrogen-bond acceptors (Lipinski definition) is 4. The molecular formula is C18H18O4. The van der Waals surface area contributed by atoms with Gasteiger partial charge in [0, 0.05) is 5.92 Å². The lowest BCUT2D eigenvalue weighted by molar-refractivity contribution is -0.583. The first kappa shape index (κ1) is 13.9. The molecule has 4 heteroatoms. The van der Waals surface area contributed by atoms with Crippen LogP contribution in [0, 0.1) is 5.92 Å². The minimum atomic E-state index is -0.925. The zero-order valence-corrected chi connectivity index (χ0v) is 12.6. The summed E-state index contributed by atoms with van der Waals surface area (Å²) >= 11 is 0. The molecule has 0 saturated carbocycles. The zero-order valence-electron chi connectivity index (χ0n) is 12.6. The highest BCUT2D eigenvalue weighted by atomic mass is 17.4. The highest BCUT2D eigenvalue weighted by Crippen LogP contribution is 2.57. The van der Waals surface area contributed by atoms with Crippen molar-refractivity contribution in [2.75, 3.05) is 0 Å². The summed E-state index contributed by atoms with van der Waals surface area (Å²) in [7, 11) is 0. The van der Waals surface area contributed by atoms with Gasteiger partial charge in [-0.25, -0.2) is 0 Å². The van der Waals surface area contributed by atoms with Crippen LogP contribution in [0.15, 0.2) is 60.7 Å². The molecule has 0 aromatic heterocycles. The quantitative estimate of drug-likeness (QED) is 0.808. The van der Waals surface area contributed by atoms with Gasteiger partial charge in [-0.15, -0.1) is 0 Å². The summed E-state index contributed by atoms with van der Waals surface area (Å²) in [4.78, 5) is 21.7. The second-order valence-corrected chi connectivity index (χ2v) is 6.14. The van der Waals surface area contributed by atoms with Gasteiger partial charge in [0.1, 0.15) is 0 Å². The van der Waals surface area contributed by atoms with Crippen molar-refractivity contribution in [2.45, 2.75) is 31.3 Å². The van der Waals surface area contributed by atoms with Crippen LogP contribution in [0.25, 0.3) is 0 Å². The van der Waals surface area contributed by atoms with Gasteiger partial charge in [-0.3, -0.25) is 0 Å². The normalized spacial score (nSPS) is 33.5. The molecule has 2 fully saturated rings. The van der Waals surface area contributed by atoms with Gasteiger partial charge in [-0.05, 0) is 25.0 Å². The number of benzene rings is 2. The lowest BCUT2D eigenvalue weighted by Gasteiger charge is -2.29. The van der Waals surface area contributed by atoms with Crippen LogP contribution in [0.3, 0.4) is 0 Å². The maximum absolute atomic E-state index is 5.43. The predicted molar refractivity (Wildman–Crippen MR) is 79.4 cm³/mol. The molecule has 0 spiro atoms. The minimum absolute atomic E-state index is 0.0439. The van der Waals surface area contributed by atoms with Crippen molar-refractivity contribution in [1.82, 2.24) is 0 Å². The molecule has 22 heavy (non-hydrogen) atoms. The molecule has 2 heterocycles. The Morgan fingerprint density at radius 3 is 1.41 bits per heavy atom. The fourth-order valence-electron chi connectivity index (χ4n) is 3.55. The summed E-state index contributed by atoms with van der Waals surface area (Å²) in [5, 5.41) is 0. The first-order valence-electron chi connectivity index (χ1n) is 7.46. The van der Waals surface area contributed by atoms with E-state index in [0.29, 0.717) is 0 Å². The first-order chi connectivity index (χ1) is 10.6. The van der Waals surface area contributed by atoms with Crippen molar-refractivity contribution in [2.24, 2.45) is 5.92 Å². The third-order valence-corrected chi connectivity index (χ3v) is 4.53. The van der Waals surface area contributed by atoms with Crippen molar-refractivity contribution in [3.63, 3.8) is 0 Å². The Bertz CT molecular complexity index is 590. The highest BCUT2D eigenvalue weighted by Gasteiger charge is 2.68. The molecular weight excluding hydrogens is 280 g/mol. The molecule has 2 aromatic carbocycles. The molecule has 0 atom stereocenters. The van der Waals surface area contributed by atoms with Crippen LogP contribution < -0.4 is 0 Å². The summed E-state index contributed by atoms with van der Waals surface area (Å²) in [6.45, 7) is 3.71. The molecule has 2 aromatic rings. The Kier molecular flexibility index (Phi) is 3.09. The number of hydrogen-bond donors (Lipinski definition) is 0. The summed E-state index contributed by atoms with van der Waals surface area (Å²) in [5.41, 5.74) is 2.36. The third-order valence-electron chi connectivity index (χ3n) is 4.53. The average molecular weight is 298 g/mol. The van der Waals surface area contributed by atoms with E-state index in [2.05, 4.69) is 24.3 Å². The SMILES string of the molecule is CC12OOC(C)(OO1)C2C(c1ccccc1)c1ccccc1. The predicted octanol–water partition coefficient (Wildman–Crippen LogP) is 3.79. The van der Waals surface area contributed by atoms with Crippen LogP contribution in [-0.4, -0.2) is 11.6 Å². The van der Waals surface area contributed by atoms with E-state index in [4.69, 9.17) is 19.6 Å². The molecule has 0 amide bonds. The van der Waals surface area contributed by atoms with Crippen molar-refractivity contribution >= 4 is 0 Å². The lowest BCUT2D eigenvalue weighted by Crippen LogP contribution is -2.38. The monoisotopic (exact) mass is 298 g/mol. The van der Waals surface area contributed by atoms with Crippen molar-refractivity contribution in [3.8, 4) is 0 Å². The topological polar surface area (TPSA) is 36.9 Å². The van der Waals surface area contributed by atoms with Crippen LogP contribution in [0.1, 0.15) is 30.9 Å². The van der Waals surface area contributed by atoms with Crippen molar-refractivity contribution in [3.05, 3.63) is 71.8 Å². The van der Waals surface area contributed by atoms with Gasteiger partial charge in [0.05, 0.1) is 5.92 Å². The van der Waals surface area contributed by atoms with Gasteiger partial charge in [0.2, 0.25) is 11.6 Å². The Labute approximate surface area is 129 Å². The molecule has 4 rings (SSSR count). The fraction of sp³-hybridized carbons (Fsp3) is 0.333. The Hall–Kier alpha value is -1.72. The van der Waals surface area contributed by atoms with E-state index < -0.39 is 11.6 Å². The largest absolute Gasteiger partial charge is 0.240 e. The molecule has 4 nitrogen and oxygen atoms in total. The molecule has 0 N–H and O–H groups in total. The van der Waals surface area contributed by atoms with Crippen molar-refractivity contribution in [1.29, 1.82) is 0 Å². The molecule has 0 unspecified atom stereocenters. The standard InChI is InChI=1S/C18H18O4/c1-17-16(18(2,21-19-17)22-20-17)15(13-9-5-3-6-10-13)14-11-7-4-8-12-14/h3-12,15-16H,1-2H3. The van der Waals surface area contributed by atoms with E-state index in [9.17, 15) is 0 Å². The Morgan fingerprint density at radius 1 is 0.682 bits per heavy atom. The molecule has 2 aliphatic rings. The third kappa shape index (κ3) is 2.00. The van der Waals surface area contributed by atoms with E-state index >= 15 is 0 Å². The average Bonchev–Trinajstić information content (AvgIpc) is 2.96. The summed E-state index contributed by atoms with van der Waals surface area (Å²) in [6, 6.07) is 20.6. The van der Waals surface area contributed by atoms with Crippen LogP contribution in [0.5, 0.6) is 0 Å². The second kappa shape index (κ2) is 4.89. The highest BCUT2D eigenvalue weighted by molar-refractivity contribution is 5.35. The molecule has 114 valence electrons. The molecule has 0 aliphatic carbocycles. The van der Waals surface area contributed by atoms with Crippen LogP contribution in [-0.2, 0) is 19.6 Å². The second-order valence-electron chi connectivity index (χ2n) is 6.14. The maximum atomic E-state index is 5.43. The molecule has 2 saturated heterocycles. The van der Waals surface area contributed by atoms with E-state index in [1.165, 1.54) is 11.1 Å². The lowest BCUT2D eigenvalue weighted by atomic mass is 9.74. The van der Waals surface area contributed by atoms with Gasteiger partial charge in [0.15, 0.2) is 0 Å². The van der Waals surface area contributed by atoms with Gasteiger partial charge in [0.25, 0.3) is 0 Å². The van der Waals surface area contributed by atoms with E-state index in [-0.39, 0.29) is 11.8 Å². The van der Waals surface area contributed by atoms with E-state index in [0.717, 1.165) is 0 Å². The van der Waals surface area contributed by atoms with Gasteiger partial charge in [-0.2, -0.15) is 19.6 Å². The molecule has 0 radical (unpaired) electrons. The summed E-state index contributed by atoms with van der Waals surface area (Å²) in [5.74, 6) is -1.93. The number of rotatable bonds is 3. The molecule has 2 bridgehead atoms. The number of fused-ring (bicyclic) bond motifs is 2. The Morgan fingerprint density at radius 2 is 1.05 bits per heavy atom. The Balaban J connectivity index is 1.86. The summed E-state index contributed by atoms with van der Waals surface area (Å²) in [6.07, 6.45) is 0. The first-order valence-corrected chi connectivity index (χ1v) is 7.46. The van der Waals surface area contributed by atoms with Gasteiger partial charge >= 0.3 is 0 Å². The minimum Gasteiger partial charge on any atom is -0.195 e. The van der Waals surface area contributed by atoms with Crippen LogP contribution >= 0.6 is 0 Å². The smallest absolute Gasteiger partial charge is 0.195 e. The van der Waals surface area contributed by atoms with Crippen molar-refractivity contribution < 1.29 is 19.6 Å².